The first-order chi connectivity index (χ1) is 13.3. The summed E-state index contributed by atoms with van der Waals surface area (Å²) >= 11 is 1.52. The molecule has 2 aliphatic heterocycles. The van der Waals surface area contributed by atoms with Gasteiger partial charge in [0.25, 0.3) is 5.91 Å². The van der Waals surface area contributed by atoms with Gasteiger partial charge in [-0.2, -0.15) is 0 Å². The van der Waals surface area contributed by atoms with Crippen LogP contribution in [0.15, 0.2) is 36.3 Å². The predicted molar refractivity (Wildman–Crippen MR) is 104 cm³/mol. The summed E-state index contributed by atoms with van der Waals surface area (Å²) in [5, 5.41) is 0.693. The van der Waals surface area contributed by atoms with Gasteiger partial charge in [0, 0.05) is 26.2 Å². The van der Waals surface area contributed by atoms with Crippen LogP contribution in [0, 0.1) is 0 Å². The molecule has 2 aliphatic rings. The molecule has 1 saturated heterocycles. The number of carbonyl (C=O) groups is 1. The van der Waals surface area contributed by atoms with E-state index in [1.165, 1.54) is 17.6 Å². The minimum atomic E-state index is -0.198. The lowest BCUT2D eigenvalue weighted by Crippen LogP contribution is -2.40. The van der Waals surface area contributed by atoms with Crippen molar-refractivity contribution in [2.45, 2.75) is 6.42 Å². The zero-order valence-corrected chi connectivity index (χ0v) is 16.0. The number of ether oxygens (including phenoxy) is 3. The van der Waals surface area contributed by atoms with Gasteiger partial charge in [0.2, 0.25) is 5.76 Å². The molecule has 0 spiro atoms. The molecule has 0 unspecified atom stereocenters. The molecule has 4 rings (SSSR count). The minimum absolute atomic E-state index is 0.198. The Labute approximate surface area is 162 Å². The highest BCUT2D eigenvalue weighted by molar-refractivity contribution is 7.22. The van der Waals surface area contributed by atoms with Gasteiger partial charge in [-0.25, -0.2) is 4.98 Å². The molecule has 2 aromatic rings. The number of hydrogen-bond acceptors (Lipinski definition) is 7. The lowest BCUT2D eigenvalue weighted by molar-refractivity contribution is -0.119. The fraction of sp³-hybridized carbons (Fsp3) is 0.474. The molecule has 144 valence electrons. The maximum Gasteiger partial charge on any atom is 0.298 e. The fourth-order valence-corrected chi connectivity index (χ4v) is 4.14. The summed E-state index contributed by atoms with van der Waals surface area (Å²) in [6.45, 7) is 5.80. The largest absolute Gasteiger partial charge is 0.494 e. The molecule has 0 atom stereocenters. The van der Waals surface area contributed by atoms with E-state index in [0.29, 0.717) is 24.9 Å². The van der Waals surface area contributed by atoms with Crippen molar-refractivity contribution in [2.75, 3.05) is 57.5 Å². The van der Waals surface area contributed by atoms with Crippen LogP contribution in [0.25, 0.3) is 10.2 Å². The number of aromatic nitrogens is 1. The summed E-state index contributed by atoms with van der Waals surface area (Å²) < 4.78 is 17.2. The van der Waals surface area contributed by atoms with Crippen LogP contribution in [-0.2, 0) is 19.0 Å². The van der Waals surface area contributed by atoms with Gasteiger partial charge < -0.3 is 14.2 Å². The Morgan fingerprint density at radius 3 is 2.81 bits per heavy atom. The zero-order chi connectivity index (χ0) is 18.5. The Balaban J connectivity index is 1.50. The number of thiazole rings is 1. The molecule has 27 heavy (non-hydrogen) atoms. The van der Waals surface area contributed by atoms with E-state index in [9.17, 15) is 4.79 Å². The Morgan fingerprint density at radius 2 is 2.04 bits per heavy atom. The summed E-state index contributed by atoms with van der Waals surface area (Å²) in [5.74, 6) is 0.0441. The first kappa shape index (κ1) is 18.2. The Hall–Kier alpha value is -2.16. The van der Waals surface area contributed by atoms with E-state index in [0.717, 1.165) is 49.5 Å². The van der Waals surface area contributed by atoms with E-state index in [4.69, 9.17) is 14.2 Å². The zero-order valence-electron chi connectivity index (χ0n) is 15.1. The van der Waals surface area contributed by atoms with Gasteiger partial charge in [-0.05, 0) is 18.6 Å². The molecular formula is C19H23N3O4S. The number of fused-ring (bicyclic) bond motifs is 1. The molecule has 0 aliphatic carbocycles. The highest BCUT2D eigenvalue weighted by Crippen LogP contribution is 2.30. The predicted octanol–water partition coefficient (Wildman–Crippen LogP) is 2.24. The Morgan fingerprint density at radius 1 is 1.19 bits per heavy atom. The van der Waals surface area contributed by atoms with Gasteiger partial charge in [-0.15, -0.1) is 0 Å². The highest BCUT2D eigenvalue weighted by atomic mass is 32.1. The normalized spacial score (nSPS) is 17.9. The average Bonchev–Trinajstić information content (AvgIpc) is 3.16. The lowest BCUT2D eigenvalue weighted by atomic mass is 10.3. The number of nitrogens with zero attached hydrogens (tertiary/aromatic N) is 3. The fourth-order valence-electron chi connectivity index (χ4n) is 3.15. The summed E-state index contributed by atoms with van der Waals surface area (Å²) in [6, 6.07) is 7.92. The Kier molecular flexibility index (Phi) is 5.86. The second-order valence-electron chi connectivity index (χ2n) is 6.43. The smallest absolute Gasteiger partial charge is 0.298 e. The van der Waals surface area contributed by atoms with Gasteiger partial charge in [0.15, 0.2) is 5.13 Å². The van der Waals surface area contributed by atoms with Gasteiger partial charge in [0.1, 0.15) is 19.5 Å². The summed E-state index contributed by atoms with van der Waals surface area (Å²) in [6.07, 6.45) is 2.27. The number of para-hydroxylation sites is 1. The average molecular weight is 389 g/mol. The molecule has 1 aromatic carbocycles. The number of benzene rings is 1. The third-order valence-electron chi connectivity index (χ3n) is 4.58. The van der Waals surface area contributed by atoms with Crippen molar-refractivity contribution >= 4 is 32.6 Å². The summed E-state index contributed by atoms with van der Waals surface area (Å²) in [5.41, 5.74) is 0.901. The lowest BCUT2D eigenvalue weighted by Gasteiger charge is -2.28. The van der Waals surface area contributed by atoms with Gasteiger partial charge in [-0.3, -0.25) is 14.6 Å². The molecule has 0 radical (unpaired) electrons. The molecule has 1 fully saturated rings. The maximum absolute atomic E-state index is 13.0. The van der Waals surface area contributed by atoms with Crippen LogP contribution in [-0.4, -0.2) is 68.4 Å². The van der Waals surface area contributed by atoms with Crippen molar-refractivity contribution in [3.05, 3.63) is 36.3 Å². The minimum Gasteiger partial charge on any atom is -0.494 e. The van der Waals surface area contributed by atoms with Crippen molar-refractivity contribution in [2.24, 2.45) is 0 Å². The SMILES string of the molecule is O=C(C1=COCCO1)N(CCCN1CCOCC1)c1nc2ccccc2s1. The first-order valence-corrected chi connectivity index (χ1v) is 10.0. The van der Waals surface area contributed by atoms with Crippen molar-refractivity contribution < 1.29 is 19.0 Å². The molecule has 8 heteroatoms. The second kappa shape index (κ2) is 8.69. The van der Waals surface area contributed by atoms with Crippen LogP contribution in [0.3, 0.4) is 0 Å². The van der Waals surface area contributed by atoms with Crippen LogP contribution in [0.1, 0.15) is 6.42 Å². The Bertz CT molecular complexity index is 783. The number of morpholine rings is 1. The third kappa shape index (κ3) is 4.40. The molecule has 3 heterocycles. The van der Waals surface area contributed by atoms with Gasteiger partial charge in [-0.1, -0.05) is 23.5 Å². The molecule has 0 bridgehead atoms. The van der Waals surface area contributed by atoms with Crippen molar-refractivity contribution in [1.82, 2.24) is 9.88 Å². The molecule has 0 saturated carbocycles. The van der Waals surface area contributed by atoms with Crippen molar-refractivity contribution in [3.8, 4) is 0 Å². The van der Waals surface area contributed by atoms with Crippen LogP contribution < -0.4 is 4.90 Å². The summed E-state index contributed by atoms with van der Waals surface area (Å²) in [7, 11) is 0. The van der Waals surface area contributed by atoms with Crippen LogP contribution in [0.5, 0.6) is 0 Å². The van der Waals surface area contributed by atoms with E-state index in [1.807, 2.05) is 24.3 Å². The van der Waals surface area contributed by atoms with E-state index < -0.39 is 0 Å². The third-order valence-corrected chi connectivity index (χ3v) is 5.64. The summed E-state index contributed by atoms with van der Waals surface area (Å²) in [4.78, 5) is 21.8. The first-order valence-electron chi connectivity index (χ1n) is 9.23. The number of anilines is 1. The van der Waals surface area contributed by atoms with Crippen LogP contribution in [0.4, 0.5) is 5.13 Å². The number of hydrogen-bond donors (Lipinski definition) is 0. The number of carbonyl (C=O) groups excluding carboxylic acids is 1. The standard InChI is InChI=1S/C19H23N3O4S/c23-18(16-14-25-12-13-26-16)22(7-3-6-21-8-10-24-11-9-21)19-20-15-4-1-2-5-17(15)27-19/h1-2,4-5,14H,3,6-13H2. The van der Waals surface area contributed by atoms with Crippen molar-refractivity contribution in [3.63, 3.8) is 0 Å². The monoisotopic (exact) mass is 389 g/mol. The van der Waals surface area contributed by atoms with Crippen LogP contribution >= 0.6 is 11.3 Å². The van der Waals surface area contributed by atoms with Gasteiger partial charge in [0.05, 0.1) is 23.4 Å². The maximum atomic E-state index is 13.0. The number of rotatable bonds is 6. The van der Waals surface area contributed by atoms with Crippen molar-refractivity contribution in [1.29, 1.82) is 0 Å². The topological polar surface area (TPSA) is 64.1 Å². The molecule has 1 aromatic heterocycles. The molecule has 0 N–H and O–H groups in total. The van der Waals surface area contributed by atoms with E-state index in [-0.39, 0.29) is 11.7 Å². The van der Waals surface area contributed by atoms with Gasteiger partial charge >= 0.3 is 0 Å². The van der Waals surface area contributed by atoms with E-state index in [2.05, 4.69) is 9.88 Å². The highest BCUT2D eigenvalue weighted by Gasteiger charge is 2.26. The molecule has 1 amide bonds. The molecular weight excluding hydrogens is 366 g/mol. The number of amides is 1. The van der Waals surface area contributed by atoms with Crippen LogP contribution in [0.2, 0.25) is 0 Å². The molecule has 7 nitrogen and oxygen atoms in total. The quantitative estimate of drug-likeness (QED) is 0.755. The van der Waals surface area contributed by atoms with E-state index >= 15 is 0 Å². The van der Waals surface area contributed by atoms with E-state index in [1.54, 1.807) is 4.90 Å². The second-order valence-corrected chi connectivity index (χ2v) is 7.44.